The predicted octanol–water partition coefficient (Wildman–Crippen LogP) is 2.47. The fourth-order valence-electron chi connectivity index (χ4n) is 2.79. The predicted molar refractivity (Wildman–Crippen MR) is 106 cm³/mol. The van der Waals surface area contributed by atoms with Crippen molar-refractivity contribution in [3.05, 3.63) is 59.7 Å². The van der Waals surface area contributed by atoms with Crippen LogP contribution in [0.15, 0.2) is 48.5 Å². The van der Waals surface area contributed by atoms with Gasteiger partial charge in [0.2, 0.25) is 0 Å². The maximum Gasteiger partial charge on any atom is 0.120 e. The maximum absolute atomic E-state index is 9.42. The Morgan fingerprint density at radius 1 is 1.00 bits per heavy atom. The molecule has 0 aromatic heterocycles. The van der Waals surface area contributed by atoms with Crippen molar-refractivity contribution in [3.8, 4) is 5.75 Å². The molecule has 0 saturated heterocycles. The third kappa shape index (κ3) is 6.67. The van der Waals surface area contributed by atoms with E-state index in [1.54, 1.807) is 14.2 Å². The van der Waals surface area contributed by atoms with E-state index in [1.165, 1.54) is 11.1 Å². The van der Waals surface area contributed by atoms with Crippen LogP contribution in [-0.2, 0) is 17.7 Å². The number of aliphatic hydroxyl groups excluding tert-OH is 1. The third-order valence-corrected chi connectivity index (χ3v) is 4.26. The van der Waals surface area contributed by atoms with E-state index in [0.717, 1.165) is 44.1 Å². The summed E-state index contributed by atoms with van der Waals surface area (Å²) in [6.07, 6.45) is 1.00. The molecule has 0 aliphatic heterocycles. The minimum absolute atomic E-state index is 0.114. The van der Waals surface area contributed by atoms with Gasteiger partial charge in [-0.05, 0) is 36.2 Å². The Kier molecular flexibility index (Phi) is 8.96. The first-order chi connectivity index (χ1) is 12.8. The van der Waals surface area contributed by atoms with Gasteiger partial charge in [0.1, 0.15) is 5.75 Å². The lowest BCUT2D eigenvalue weighted by Gasteiger charge is -2.24. The first-order valence-electron chi connectivity index (χ1n) is 9.04. The number of methoxy groups -OCH3 is 2. The molecule has 0 fully saturated rings. The van der Waals surface area contributed by atoms with E-state index in [0.29, 0.717) is 6.54 Å². The number of nitrogens with one attached hydrogen (secondary N) is 1. The number of hydrogen-bond donors (Lipinski definition) is 2. The Morgan fingerprint density at radius 3 is 2.46 bits per heavy atom. The van der Waals surface area contributed by atoms with Crippen LogP contribution in [0.4, 0.5) is 5.69 Å². The van der Waals surface area contributed by atoms with E-state index >= 15 is 0 Å². The number of hydrogen-bond acceptors (Lipinski definition) is 5. The summed E-state index contributed by atoms with van der Waals surface area (Å²) in [5, 5.41) is 12.8. The van der Waals surface area contributed by atoms with Gasteiger partial charge in [0.15, 0.2) is 0 Å². The normalized spacial score (nSPS) is 10.7. The van der Waals surface area contributed by atoms with Crippen molar-refractivity contribution in [2.24, 2.45) is 0 Å². The van der Waals surface area contributed by atoms with Gasteiger partial charge in [-0.3, -0.25) is 0 Å². The first-order valence-corrected chi connectivity index (χ1v) is 9.04. The van der Waals surface area contributed by atoms with Crippen molar-refractivity contribution in [2.45, 2.75) is 13.0 Å². The second-order valence-electron chi connectivity index (χ2n) is 6.16. The van der Waals surface area contributed by atoms with Crippen molar-refractivity contribution >= 4 is 5.69 Å². The van der Waals surface area contributed by atoms with Crippen LogP contribution >= 0.6 is 0 Å². The zero-order chi connectivity index (χ0) is 18.6. The smallest absolute Gasteiger partial charge is 0.120 e. The molecule has 142 valence electrons. The quantitative estimate of drug-likeness (QED) is 0.571. The molecule has 2 aromatic carbocycles. The van der Waals surface area contributed by atoms with Crippen LogP contribution in [-0.4, -0.2) is 52.2 Å². The van der Waals surface area contributed by atoms with Crippen LogP contribution in [0.2, 0.25) is 0 Å². The number of rotatable bonds is 12. The maximum atomic E-state index is 9.42. The summed E-state index contributed by atoms with van der Waals surface area (Å²) in [5.41, 5.74) is 3.58. The summed E-state index contributed by atoms with van der Waals surface area (Å²) in [6, 6.07) is 16.6. The first kappa shape index (κ1) is 20.2. The summed E-state index contributed by atoms with van der Waals surface area (Å²) < 4.78 is 10.3. The molecule has 0 aliphatic carbocycles. The molecule has 0 saturated carbocycles. The molecule has 0 radical (unpaired) electrons. The van der Waals surface area contributed by atoms with E-state index in [1.807, 2.05) is 24.3 Å². The van der Waals surface area contributed by atoms with Crippen LogP contribution in [0.25, 0.3) is 0 Å². The van der Waals surface area contributed by atoms with Crippen molar-refractivity contribution in [1.29, 1.82) is 0 Å². The van der Waals surface area contributed by atoms with Gasteiger partial charge in [-0.1, -0.05) is 30.3 Å². The highest BCUT2D eigenvalue weighted by Gasteiger charge is 2.08. The van der Waals surface area contributed by atoms with Crippen molar-refractivity contribution in [1.82, 2.24) is 5.32 Å². The van der Waals surface area contributed by atoms with Crippen LogP contribution in [0.3, 0.4) is 0 Å². The molecule has 5 nitrogen and oxygen atoms in total. The highest BCUT2D eigenvalue weighted by molar-refractivity contribution is 5.51. The van der Waals surface area contributed by atoms with Gasteiger partial charge in [-0.2, -0.15) is 0 Å². The van der Waals surface area contributed by atoms with Crippen LogP contribution in [0, 0.1) is 0 Å². The Morgan fingerprint density at radius 2 is 1.77 bits per heavy atom. The van der Waals surface area contributed by atoms with E-state index in [4.69, 9.17) is 9.47 Å². The standard InChI is InChI=1S/C21H30N2O3/c1-25-15-12-22-11-10-18-6-8-19(9-7-18)17-23(13-14-24)20-4-3-5-21(16-20)26-2/h3-9,16,22,24H,10-15,17H2,1-2H3. The summed E-state index contributed by atoms with van der Waals surface area (Å²) in [7, 11) is 3.38. The lowest BCUT2D eigenvalue weighted by atomic mass is 10.1. The van der Waals surface area contributed by atoms with Gasteiger partial charge in [0.25, 0.3) is 0 Å². The van der Waals surface area contributed by atoms with Crippen molar-refractivity contribution < 1.29 is 14.6 Å². The summed E-state index contributed by atoms with van der Waals surface area (Å²) in [4.78, 5) is 2.16. The second-order valence-corrected chi connectivity index (χ2v) is 6.16. The average Bonchev–Trinajstić information content (AvgIpc) is 2.69. The van der Waals surface area contributed by atoms with Gasteiger partial charge in [0, 0.05) is 38.5 Å². The molecule has 2 N–H and O–H groups in total. The molecule has 0 spiro atoms. The van der Waals surface area contributed by atoms with Crippen LogP contribution in [0.5, 0.6) is 5.75 Å². The molecule has 26 heavy (non-hydrogen) atoms. The molecule has 0 amide bonds. The molecule has 0 aliphatic rings. The van der Waals surface area contributed by atoms with E-state index in [2.05, 4.69) is 34.5 Å². The lowest BCUT2D eigenvalue weighted by molar-refractivity contribution is 0.199. The third-order valence-electron chi connectivity index (χ3n) is 4.26. The molecule has 5 heteroatoms. The monoisotopic (exact) mass is 358 g/mol. The van der Waals surface area contributed by atoms with Crippen molar-refractivity contribution in [3.63, 3.8) is 0 Å². The molecule has 2 aromatic rings. The molecule has 0 atom stereocenters. The second kappa shape index (κ2) is 11.5. The molecular formula is C21H30N2O3. The Balaban J connectivity index is 1.93. The van der Waals surface area contributed by atoms with Gasteiger partial charge >= 0.3 is 0 Å². The highest BCUT2D eigenvalue weighted by Crippen LogP contribution is 2.22. The van der Waals surface area contributed by atoms with Crippen LogP contribution in [0.1, 0.15) is 11.1 Å². The zero-order valence-corrected chi connectivity index (χ0v) is 15.8. The summed E-state index contributed by atoms with van der Waals surface area (Å²) in [5.74, 6) is 0.821. The minimum atomic E-state index is 0.114. The fourth-order valence-corrected chi connectivity index (χ4v) is 2.79. The number of anilines is 1. The van der Waals surface area contributed by atoms with E-state index < -0.39 is 0 Å². The number of ether oxygens (including phenoxy) is 2. The van der Waals surface area contributed by atoms with E-state index in [-0.39, 0.29) is 6.61 Å². The number of benzene rings is 2. The summed E-state index contributed by atoms with van der Waals surface area (Å²) >= 11 is 0. The Labute approximate surface area is 156 Å². The summed E-state index contributed by atoms with van der Waals surface area (Å²) in [6.45, 7) is 4.01. The molecule has 0 unspecified atom stereocenters. The van der Waals surface area contributed by atoms with Gasteiger partial charge < -0.3 is 24.8 Å². The molecule has 0 bridgehead atoms. The lowest BCUT2D eigenvalue weighted by Crippen LogP contribution is -2.26. The van der Waals surface area contributed by atoms with Gasteiger partial charge in [0.05, 0.1) is 20.3 Å². The largest absolute Gasteiger partial charge is 0.497 e. The number of aliphatic hydroxyl groups is 1. The zero-order valence-electron chi connectivity index (χ0n) is 15.8. The van der Waals surface area contributed by atoms with E-state index in [9.17, 15) is 5.11 Å². The van der Waals surface area contributed by atoms with Gasteiger partial charge in [-0.25, -0.2) is 0 Å². The SMILES string of the molecule is COCCNCCc1ccc(CN(CCO)c2cccc(OC)c2)cc1. The average molecular weight is 358 g/mol. The topological polar surface area (TPSA) is 54.0 Å². The van der Waals surface area contributed by atoms with Crippen LogP contribution < -0.4 is 15.0 Å². The minimum Gasteiger partial charge on any atom is -0.497 e. The molecule has 2 rings (SSSR count). The Hall–Kier alpha value is -2.08. The van der Waals surface area contributed by atoms with Crippen molar-refractivity contribution in [2.75, 3.05) is 52.0 Å². The molecule has 0 heterocycles. The molecular weight excluding hydrogens is 328 g/mol. The fraction of sp³-hybridized carbons (Fsp3) is 0.429. The Bertz CT molecular complexity index is 631. The highest BCUT2D eigenvalue weighted by atomic mass is 16.5. The number of nitrogens with zero attached hydrogens (tertiary/aromatic N) is 1. The van der Waals surface area contributed by atoms with Gasteiger partial charge in [-0.15, -0.1) is 0 Å².